The fraction of sp³-hybridized carbons (Fsp3) is 0.382. The van der Waals surface area contributed by atoms with Crippen molar-refractivity contribution in [3.63, 3.8) is 0 Å². The van der Waals surface area contributed by atoms with Crippen LogP contribution in [0.3, 0.4) is 0 Å². The number of esters is 3. The summed E-state index contributed by atoms with van der Waals surface area (Å²) in [5.41, 5.74) is 30.6. The van der Waals surface area contributed by atoms with Crippen LogP contribution in [0, 0.1) is 83.1 Å². The van der Waals surface area contributed by atoms with Crippen molar-refractivity contribution < 1.29 is 58.8 Å². The van der Waals surface area contributed by atoms with Crippen LogP contribution < -0.4 is 18.9 Å². The number of carbonyl (C=O) groups is 4. The maximum atomic E-state index is 11.6. The number of aryl methyl sites for hydroxylation is 8. The molecule has 6 aromatic rings. The molecule has 4 aromatic carbocycles. The molecular formula is C55H74AlILiN5O8. The molecule has 0 radical (unpaired) electrons. The SMILES string of the molecule is CI.COC(=O)C1=Cc2c(cc(C)c(C)c2C)C1.COC(=O)CN=[N+]=[N-].COC(=O)c1cc2c(C)c(C)c(C)cc2n1C.Cc1cc2c(cc(CO)n2C)c(C)c1C.Cc1ccc(C=O)c(C)c1C.[AlH3].[H-].[Li+]. The van der Waals surface area contributed by atoms with Crippen LogP contribution in [-0.2, 0) is 50.9 Å². The van der Waals surface area contributed by atoms with E-state index in [1.165, 1.54) is 105 Å². The van der Waals surface area contributed by atoms with Gasteiger partial charge in [0.25, 0.3) is 0 Å². The first-order valence-electron chi connectivity index (χ1n) is 22.2. The van der Waals surface area contributed by atoms with Gasteiger partial charge in [0.15, 0.2) is 17.4 Å². The number of methoxy groups -OCH3 is 3. The van der Waals surface area contributed by atoms with Gasteiger partial charge in [0.05, 0.1) is 27.9 Å². The van der Waals surface area contributed by atoms with Gasteiger partial charge < -0.3 is 29.9 Å². The number of fused-ring (bicyclic) bond motifs is 3. The predicted molar refractivity (Wildman–Crippen MR) is 299 cm³/mol. The summed E-state index contributed by atoms with van der Waals surface area (Å²) in [6, 6.07) is 14.3. The third-order valence-electron chi connectivity index (χ3n) is 13.2. The molecule has 2 heterocycles. The molecule has 0 atom stereocenters. The monoisotopic (exact) mass is 1090 g/mol. The van der Waals surface area contributed by atoms with E-state index in [9.17, 15) is 24.3 Å². The van der Waals surface area contributed by atoms with E-state index in [0.29, 0.717) is 12.1 Å². The van der Waals surface area contributed by atoms with E-state index in [2.05, 4.69) is 135 Å². The fourth-order valence-electron chi connectivity index (χ4n) is 7.80. The number of halogens is 1. The quantitative estimate of drug-likeness (QED) is 0.0201. The van der Waals surface area contributed by atoms with E-state index >= 15 is 0 Å². The number of hydrogen-bond acceptors (Lipinski definition) is 9. The summed E-state index contributed by atoms with van der Waals surface area (Å²) in [5, 5.41) is 14.6. The first-order valence-corrected chi connectivity index (χ1v) is 24.4. The zero-order valence-corrected chi connectivity index (χ0v) is 46.9. The largest absolute Gasteiger partial charge is 1.00 e. The van der Waals surface area contributed by atoms with Gasteiger partial charge in [0.1, 0.15) is 18.5 Å². The summed E-state index contributed by atoms with van der Waals surface area (Å²) in [6.07, 6.45) is 3.56. The van der Waals surface area contributed by atoms with Gasteiger partial charge in [-0.2, -0.15) is 0 Å². The Balaban J connectivity index is 0. The Bertz CT molecular complexity index is 2960. The molecule has 0 saturated heterocycles. The van der Waals surface area contributed by atoms with Crippen LogP contribution in [-0.4, -0.2) is 88.6 Å². The van der Waals surface area contributed by atoms with E-state index in [1.54, 1.807) is 0 Å². The van der Waals surface area contributed by atoms with E-state index in [-0.39, 0.29) is 62.7 Å². The molecule has 0 bridgehead atoms. The summed E-state index contributed by atoms with van der Waals surface area (Å²) >= 11 is 2.15. The van der Waals surface area contributed by atoms with Crippen LogP contribution in [0.1, 0.15) is 106 Å². The Morgan fingerprint density at radius 3 is 1.65 bits per heavy atom. The standard InChI is InChI=1S/C14H17NO2.C14H16O2.C13H17NO.C10H12O.C3H5N3O2.CH3I.Al.Li.4H/c1-8-6-12-11(10(3)9(8)2)7-13(15(12)4)14(16)17-5;1-8-5-11-6-12(14(15)16-4)7-13(11)10(3)9(8)2;1-8-5-13-12(10(3)9(8)2)6-11(7-15)14(13)4;1-7-4-5-10(6-11)9(3)8(7)2;1-8-3(7)2-5-6-4;1-2;;;;;;/h6-7H,1-5H3;5,7H,6H2,1-4H3;5-6,15H,7H2,1-4H3;4-6H,1-3H3;2H2,1H3;1H3;;;;;;/q;;;;;;;+1;;;;-1. The summed E-state index contributed by atoms with van der Waals surface area (Å²) in [7, 11) is 7.96. The number of alkyl halides is 1. The molecule has 378 valence electrons. The third kappa shape index (κ3) is 16.2. The molecular weight excluding hydrogens is 1020 g/mol. The molecule has 1 N–H and O–H groups in total. The molecule has 71 heavy (non-hydrogen) atoms. The van der Waals surface area contributed by atoms with Gasteiger partial charge in [0.2, 0.25) is 0 Å². The third-order valence-corrected chi connectivity index (χ3v) is 13.2. The minimum absolute atomic E-state index is 0. The molecule has 1 aliphatic carbocycles. The van der Waals surface area contributed by atoms with Gasteiger partial charge in [-0.3, -0.25) is 9.59 Å². The van der Waals surface area contributed by atoms with Crippen LogP contribution in [0.15, 0.2) is 53.2 Å². The smallest absolute Gasteiger partial charge is 1.00 e. The van der Waals surface area contributed by atoms with Crippen LogP contribution in [0.4, 0.5) is 0 Å². The number of azide groups is 1. The van der Waals surface area contributed by atoms with Crippen molar-refractivity contribution in [1.82, 2.24) is 9.13 Å². The molecule has 13 nitrogen and oxygen atoms in total. The number of aromatic nitrogens is 2. The van der Waals surface area contributed by atoms with Crippen molar-refractivity contribution >= 4 is 92.0 Å². The molecule has 2 aromatic heterocycles. The maximum absolute atomic E-state index is 11.6. The normalized spacial score (nSPS) is 10.4. The zero-order valence-electron chi connectivity index (χ0n) is 45.7. The Hall–Kier alpha value is -5.09. The second kappa shape index (κ2) is 30.7. The average molecular weight is 1090 g/mol. The Morgan fingerprint density at radius 2 is 1.17 bits per heavy atom. The number of benzene rings is 4. The van der Waals surface area contributed by atoms with Crippen LogP contribution in [0.25, 0.3) is 38.3 Å². The minimum Gasteiger partial charge on any atom is -1.00 e. The van der Waals surface area contributed by atoms with Crippen molar-refractivity contribution in [2.45, 2.75) is 96.1 Å². The van der Waals surface area contributed by atoms with Gasteiger partial charge in [-0.15, -0.1) is 0 Å². The number of aliphatic hydroxyl groups excluding tert-OH is 1. The Labute approximate surface area is 458 Å². The molecule has 0 spiro atoms. The molecule has 16 heteroatoms. The zero-order chi connectivity index (χ0) is 52.6. The number of nitrogens with zero attached hydrogens (tertiary/aromatic N) is 5. The minimum atomic E-state index is -0.525. The summed E-state index contributed by atoms with van der Waals surface area (Å²) < 4.78 is 17.6. The van der Waals surface area contributed by atoms with Crippen LogP contribution in [0.2, 0.25) is 0 Å². The van der Waals surface area contributed by atoms with E-state index in [0.717, 1.165) is 39.6 Å². The number of aliphatic hydroxyl groups is 1. The molecule has 0 unspecified atom stereocenters. The van der Waals surface area contributed by atoms with Gasteiger partial charge in [0, 0.05) is 64.1 Å². The second-order valence-corrected chi connectivity index (χ2v) is 16.8. The Kier molecular flexibility index (Phi) is 28.5. The fourth-order valence-corrected chi connectivity index (χ4v) is 7.80. The molecule has 0 saturated carbocycles. The van der Waals surface area contributed by atoms with E-state index < -0.39 is 5.97 Å². The topological polar surface area (TPSA) is 175 Å². The molecule has 7 rings (SSSR count). The average Bonchev–Trinajstić information content (AvgIpc) is 4.03. The number of aldehydes is 1. The van der Waals surface area contributed by atoms with Crippen molar-refractivity contribution in [3.8, 4) is 0 Å². The van der Waals surface area contributed by atoms with E-state index in [1.807, 2.05) is 61.7 Å². The van der Waals surface area contributed by atoms with Gasteiger partial charge in [-0.05, 0) is 202 Å². The predicted octanol–water partition coefficient (Wildman–Crippen LogP) is 8.09. The number of ether oxygens (including phenoxy) is 3. The van der Waals surface area contributed by atoms with Gasteiger partial charge >= 0.3 is 36.8 Å². The maximum Gasteiger partial charge on any atom is 1.00 e. The molecule has 1 aliphatic rings. The number of hydrogen-bond donors (Lipinski definition) is 1. The van der Waals surface area contributed by atoms with Gasteiger partial charge in [-0.25, -0.2) is 9.59 Å². The summed E-state index contributed by atoms with van der Waals surface area (Å²) in [5.74, 6) is -1.04. The molecule has 0 amide bonds. The summed E-state index contributed by atoms with van der Waals surface area (Å²) in [4.78, 5) is 48.0. The van der Waals surface area contributed by atoms with Gasteiger partial charge in [-0.1, -0.05) is 45.9 Å². The van der Waals surface area contributed by atoms with Crippen LogP contribution in [0.5, 0.6) is 0 Å². The van der Waals surface area contributed by atoms with Crippen molar-refractivity contribution in [1.29, 1.82) is 0 Å². The van der Waals surface area contributed by atoms with Crippen molar-refractivity contribution in [2.24, 2.45) is 19.2 Å². The van der Waals surface area contributed by atoms with Crippen molar-refractivity contribution in [3.05, 3.63) is 153 Å². The Morgan fingerprint density at radius 1 is 0.690 bits per heavy atom. The first-order chi connectivity index (χ1) is 32.5. The first kappa shape index (κ1) is 65.9. The molecule has 0 aliphatic heterocycles. The number of carbonyl (C=O) groups excluding carboxylic acids is 4. The second-order valence-electron chi connectivity index (χ2n) is 16.8. The van der Waals surface area contributed by atoms with E-state index in [4.69, 9.17) is 15.0 Å². The number of rotatable bonds is 6. The van der Waals surface area contributed by atoms with Crippen LogP contribution >= 0.6 is 22.6 Å². The van der Waals surface area contributed by atoms with Crippen molar-refractivity contribution in [2.75, 3.05) is 32.8 Å². The molecule has 0 fully saturated rings. The summed E-state index contributed by atoms with van der Waals surface area (Å²) in [6.45, 7) is 25.0.